The highest BCUT2D eigenvalue weighted by Crippen LogP contribution is 2.27. The van der Waals surface area contributed by atoms with Crippen molar-refractivity contribution in [1.82, 2.24) is 4.98 Å². The number of aromatic amines is 1. The van der Waals surface area contributed by atoms with E-state index in [1.54, 1.807) is 0 Å². The molecule has 1 nitrogen and oxygen atoms in total. The third-order valence-corrected chi connectivity index (χ3v) is 2.34. The topological polar surface area (TPSA) is 15.8 Å². The highest BCUT2D eigenvalue weighted by molar-refractivity contribution is 5.52. The summed E-state index contributed by atoms with van der Waals surface area (Å²) < 4.78 is 0. The van der Waals surface area contributed by atoms with E-state index in [2.05, 4.69) is 64.7 Å². The Morgan fingerprint density at radius 1 is 1.07 bits per heavy atom. The maximum absolute atomic E-state index is 3.30. The summed E-state index contributed by atoms with van der Waals surface area (Å²) in [7, 11) is 0. The van der Waals surface area contributed by atoms with Crippen molar-refractivity contribution >= 4 is 6.08 Å². The van der Waals surface area contributed by atoms with Crippen molar-refractivity contribution in [2.75, 3.05) is 0 Å². The molecule has 1 aromatic heterocycles. The maximum atomic E-state index is 3.30. The number of allylic oxidation sites excluding steroid dienone is 1. The van der Waals surface area contributed by atoms with Gasteiger partial charge in [0.15, 0.2) is 0 Å². The number of nitrogens with one attached hydrogen (secondary N) is 1. The van der Waals surface area contributed by atoms with Crippen LogP contribution in [0.3, 0.4) is 0 Å². The monoisotopic (exact) mass is 205 g/mol. The van der Waals surface area contributed by atoms with Gasteiger partial charge in [0.25, 0.3) is 0 Å². The van der Waals surface area contributed by atoms with Gasteiger partial charge in [-0.15, -0.1) is 0 Å². The van der Waals surface area contributed by atoms with Gasteiger partial charge in [-0.05, 0) is 28.5 Å². The van der Waals surface area contributed by atoms with Crippen molar-refractivity contribution in [2.24, 2.45) is 5.41 Å². The molecular formula is C14H23N. The highest BCUT2D eigenvalue weighted by Gasteiger charge is 2.17. The van der Waals surface area contributed by atoms with Gasteiger partial charge < -0.3 is 4.98 Å². The van der Waals surface area contributed by atoms with Gasteiger partial charge in [-0.2, -0.15) is 0 Å². The number of hydrogen-bond donors (Lipinski definition) is 1. The van der Waals surface area contributed by atoms with E-state index in [-0.39, 0.29) is 10.8 Å². The van der Waals surface area contributed by atoms with Crippen LogP contribution in [-0.2, 0) is 5.41 Å². The van der Waals surface area contributed by atoms with Gasteiger partial charge in [-0.1, -0.05) is 47.6 Å². The van der Waals surface area contributed by atoms with Gasteiger partial charge in [-0.25, -0.2) is 0 Å². The minimum absolute atomic E-state index is 0.206. The molecule has 0 aromatic carbocycles. The zero-order chi connectivity index (χ0) is 11.7. The van der Waals surface area contributed by atoms with Gasteiger partial charge >= 0.3 is 0 Å². The van der Waals surface area contributed by atoms with E-state index < -0.39 is 0 Å². The Balaban J connectivity index is 2.98. The number of hydrogen-bond acceptors (Lipinski definition) is 0. The molecule has 1 heterocycles. The first-order chi connectivity index (χ1) is 6.70. The third-order valence-electron chi connectivity index (χ3n) is 2.34. The summed E-state index contributed by atoms with van der Waals surface area (Å²) in [4.78, 5) is 3.30. The fraction of sp³-hybridized carbons (Fsp3) is 0.571. The Bertz CT molecular complexity index is 342. The molecule has 1 N–H and O–H groups in total. The minimum Gasteiger partial charge on any atom is -0.361 e. The predicted octanol–water partition coefficient (Wildman–Crippen LogP) is 4.37. The van der Waals surface area contributed by atoms with Crippen LogP contribution in [0.25, 0.3) is 6.08 Å². The van der Waals surface area contributed by atoms with Gasteiger partial charge in [-0.3, -0.25) is 0 Å². The fourth-order valence-corrected chi connectivity index (χ4v) is 1.51. The van der Waals surface area contributed by atoms with Crippen LogP contribution in [0.1, 0.15) is 52.8 Å². The lowest BCUT2D eigenvalue weighted by Crippen LogP contribution is -2.11. The van der Waals surface area contributed by atoms with Gasteiger partial charge in [0.1, 0.15) is 0 Å². The summed E-state index contributed by atoms with van der Waals surface area (Å²) >= 11 is 0. The van der Waals surface area contributed by atoms with Crippen LogP contribution in [0.4, 0.5) is 0 Å². The molecule has 0 aliphatic carbocycles. The average Bonchev–Trinajstić information content (AvgIpc) is 2.45. The van der Waals surface area contributed by atoms with E-state index in [4.69, 9.17) is 0 Å². The number of rotatable bonds is 1. The highest BCUT2D eigenvalue weighted by atomic mass is 14.7. The Morgan fingerprint density at radius 3 is 2.13 bits per heavy atom. The minimum atomic E-state index is 0.206. The second-order valence-corrected chi connectivity index (χ2v) is 6.25. The third kappa shape index (κ3) is 3.58. The first-order valence-electron chi connectivity index (χ1n) is 5.57. The zero-order valence-electron chi connectivity index (χ0n) is 10.8. The normalized spacial score (nSPS) is 13.7. The van der Waals surface area contributed by atoms with Crippen molar-refractivity contribution in [3.63, 3.8) is 0 Å². The Hall–Kier alpha value is -0.980. The molecule has 0 aliphatic rings. The summed E-state index contributed by atoms with van der Waals surface area (Å²) in [6.07, 6.45) is 6.46. The van der Waals surface area contributed by atoms with E-state index in [0.29, 0.717) is 0 Å². The molecule has 15 heavy (non-hydrogen) atoms. The molecule has 0 saturated heterocycles. The lowest BCUT2D eigenvalue weighted by molar-refractivity contribution is 0.546. The van der Waals surface area contributed by atoms with Crippen LogP contribution in [0.2, 0.25) is 0 Å². The van der Waals surface area contributed by atoms with Gasteiger partial charge in [0.05, 0.1) is 0 Å². The predicted molar refractivity (Wildman–Crippen MR) is 68.0 cm³/mol. The van der Waals surface area contributed by atoms with Crippen molar-refractivity contribution in [3.8, 4) is 0 Å². The van der Waals surface area contributed by atoms with Crippen LogP contribution in [0, 0.1) is 5.41 Å². The molecule has 84 valence electrons. The molecule has 0 atom stereocenters. The summed E-state index contributed by atoms with van der Waals surface area (Å²) in [6, 6.07) is 2.17. The van der Waals surface area contributed by atoms with E-state index in [1.165, 1.54) is 11.3 Å². The quantitative estimate of drug-likeness (QED) is 0.700. The molecule has 0 aliphatic heterocycles. The molecule has 0 unspecified atom stereocenters. The molecule has 1 rings (SSSR count). The van der Waals surface area contributed by atoms with Crippen LogP contribution in [0.15, 0.2) is 18.3 Å². The van der Waals surface area contributed by atoms with Gasteiger partial charge in [0.2, 0.25) is 0 Å². The molecule has 0 amide bonds. The SMILES string of the molecule is CC(C)(C)/C=C\c1[nH]ccc1C(C)(C)C. The lowest BCUT2D eigenvalue weighted by Gasteiger charge is -2.19. The summed E-state index contributed by atoms with van der Waals surface area (Å²) in [5, 5.41) is 0. The van der Waals surface area contributed by atoms with E-state index in [9.17, 15) is 0 Å². The van der Waals surface area contributed by atoms with E-state index in [1.807, 2.05) is 6.20 Å². The van der Waals surface area contributed by atoms with E-state index >= 15 is 0 Å². The van der Waals surface area contributed by atoms with Gasteiger partial charge in [0, 0.05) is 11.9 Å². The molecule has 0 bridgehead atoms. The second-order valence-electron chi connectivity index (χ2n) is 6.25. The fourth-order valence-electron chi connectivity index (χ4n) is 1.51. The van der Waals surface area contributed by atoms with Crippen molar-refractivity contribution in [3.05, 3.63) is 29.6 Å². The first kappa shape index (κ1) is 12.1. The second kappa shape index (κ2) is 3.88. The van der Waals surface area contributed by atoms with E-state index in [0.717, 1.165) is 0 Å². The summed E-state index contributed by atoms with van der Waals surface area (Å²) in [5.41, 5.74) is 3.05. The molecular weight excluding hydrogens is 182 g/mol. The summed E-state index contributed by atoms with van der Waals surface area (Å²) in [6.45, 7) is 13.4. The Morgan fingerprint density at radius 2 is 1.67 bits per heavy atom. The first-order valence-corrected chi connectivity index (χ1v) is 5.57. The van der Waals surface area contributed by atoms with Crippen LogP contribution >= 0.6 is 0 Å². The van der Waals surface area contributed by atoms with Crippen LogP contribution in [0.5, 0.6) is 0 Å². The smallest absolute Gasteiger partial charge is 0.0415 e. The molecule has 1 aromatic rings. The molecule has 0 spiro atoms. The molecule has 0 radical (unpaired) electrons. The zero-order valence-corrected chi connectivity index (χ0v) is 10.8. The number of aromatic nitrogens is 1. The number of H-pyrrole nitrogens is 1. The Labute approximate surface area is 93.6 Å². The Kier molecular flexibility index (Phi) is 3.13. The average molecular weight is 205 g/mol. The van der Waals surface area contributed by atoms with Crippen LogP contribution < -0.4 is 0 Å². The standard InChI is InChI=1S/C14H23N/c1-13(2,3)9-7-12-11(8-10-15-12)14(4,5)6/h7-10,15H,1-6H3/b9-7-. The molecule has 0 saturated carbocycles. The summed E-state index contributed by atoms with van der Waals surface area (Å²) in [5.74, 6) is 0. The molecule has 1 heteroatoms. The maximum Gasteiger partial charge on any atom is 0.0415 e. The largest absolute Gasteiger partial charge is 0.361 e. The lowest BCUT2D eigenvalue weighted by atomic mass is 9.86. The van der Waals surface area contributed by atoms with Crippen molar-refractivity contribution in [1.29, 1.82) is 0 Å². The van der Waals surface area contributed by atoms with Crippen LogP contribution in [-0.4, -0.2) is 4.98 Å². The van der Waals surface area contributed by atoms with Crippen molar-refractivity contribution in [2.45, 2.75) is 47.0 Å². The molecule has 0 fully saturated rings. The van der Waals surface area contributed by atoms with Crippen molar-refractivity contribution < 1.29 is 0 Å².